The highest BCUT2D eigenvalue weighted by atomic mass is 32.2. The summed E-state index contributed by atoms with van der Waals surface area (Å²) in [5.74, 6) is -0.0418. The molecule has 1 aliphatic rings. The fraction of sp³-hybridized carbons (Fsp3) is 0.300. The SMILES string of the molecule is O=C(O)CSCc1cccc(NC(=O)C2(Cc3ccccc3)CC2)c1. The molecule has 3 rings (SSSR count). The number of hydrogen-bond donors (Lipinski definition) is 2. The summed E-state index contributed by atoms with van der Waals surface area (Å²) < 4.78 is 0. The second-order valence-electron chi connectivity index (χ2n) is 6.48. The van der Waals surface area contributed by atoms with Crippen LogP contribution in [0.5, 0.6) is 0 Å². The number of aliphatic carboxylic acids is 1. The second kappa shape index (κ2) is 7.74. The third-order valence-electron chi connectivity index (χ3n) is 4.40. The van der Waals surface area contributed by atoms with E-state index in [2.05, 4.69) is 17.4 Å². The van der Waals surface area contributed by atoms with Gasteiger partial charge in [-0.05, 0) is 42.5 Å². The number of carboxylic acid groups (broad SMARTS) is 1. The predicted molar refractivity (Wildman–Crippen MR) is 101 cm³/mol. The summed E-state index contributed by atoms with van der Waals surface area (Å²) >= 11 is 1.35. The second-order valence-corrected chi connectivity index (χ2v) is 7.47. The van der Waals surface area contributed by atoms with Crippen molar-refractivity contribution in [1.29, 1.82) is 0 Å². The molecule has 0 saturated heterocycles. The number of nitrogens with one attached hydrogen (secondary N) is 1. The zero-order valence-corrected chi connectivity index (χ0v) is 14.7. The van der Waals surface area contributed by atoms with Crippen molar-refractivity contribution in [2.24, 2.45) is 5.41 Å². The Labute approximate surface area is 151 Å². The lowest BCUT2D eigenvalue weighted by atomic mass is 9.95. The van der Waals surface area contributed by atoms with Crippen molar-refractivity contribution in [3.8, 4) is 0 Å². The molecule has 0 atom stereocenters. The molecule has 1 aliphatic carbocycles. The lowest BCUT2D eigenvalue weighted by molar-refractivity contribution is -0.133. The Morgan fingerprint density at radius 2 is 1.76 bits per heavy atom. The number of anilines is 1. The summed E-state index contributed by atoms with van der Waals surface area (Å²) in [6.07, 6.45) is 2.61. The largest absolute Gasteiger partial charge is 0.481 e. The van der Waals surface area contributed by atoms with Gasteiger partial charge >= 0.3 is 5.97 Å². The Morgan fingerprint density at radius 3 is 2.44 bits per heavy atom. The molecule has 5 heteroatoms. The molecule has 1 saturated carbocycles. The van der Waals surface area contributed by atoms with Crippen LogP contribution in [-0.4, -0.2) is 22.7 Å². The molecule has 0 unspecified atom stereocenters. The number of carboxylic acids is 1. The zero-order valence-electron chi connectivity index (χ0n) is 13.9. The summed E-state index contributed by atoms with van der Waals surface area (Å²) in [5, 5.41) is 11.7. The van der Waals surface area contributed by atoms with E-state index in [-0.39, 0.29) is 17.1 Å². The van der Waals surface area contributed by atoms with E-state index in [0.29, 0.717) is 5.75 Å². The maximum atomic E-state index is 12.7. The van der Waals surface area contributed by atoms with E-state index in [9.17, 15) is 9.59 Å². The van der Waals surface area contributed by atoms with E-state index < -0.39 is 5.97 Å². The number of benzene rings is 2. The number of hydrogen-bond acceptors (Lipinski definition) is 3. The van der Waals surface area contributed by atoms with Crippen LogP contribution < -0.4 is 5.32 Å². The summed E-state index contributed by atoms with van der Waals surface area (Å²) in [6, 6.07) is 17.7. The molecule has 1 fully saturated rings. The zero-order chi connectivity index (χ0) is 17.7. The van der Waals surface area contributed by atoms with Gasteiger partial charge in [0, 0.05) is 11.4 Å². The smallest absolute Gasteiger partial charge is 0.313 e. The van der Waals surface area contributed by atoms with Crippen LogP contribution in [0.2, 0.25) is 0 Å². The molecule has 0 heterocycles. The lowest BCUT2D eigenvalue weighted by Gasteiger charge is -2.16. The fourth-order valence-corrected chi connectivity index (χ4v) is 3.57. The Morgan fingerprint density at radius 1 is 1.04 bits per heavy atom. The molecular formula is C20H21NO3S. The van der Waals surface area contributed by atoms with Crippen LogP contribution in [0.25, 0.3) is 0 Å². The lowest BCUT2D eigenvalue weighted by Crippen LogP contribution is -2.26. The first kappa shape index (κ1) is 17.5. The van der Waals surface area contributed by atoms with Gasteiger partial charge in [-0.25, -0.2) is 0 Å². The number of rotatable bonds is 8. The van der Waals surface area contributed by atoms with Gasteiger partial charge in [0.1, 0.15) is 0 Å². The van der Waals surface area contributed by atoms with Gasteiger partial charge < -0.3 is 10.4 Å². The van der Waals surface area contributed by atoms with Crippen LogP contribution in [0, 0.1) is 5.41 Å². The van der Waals surface area contributed by atoms with E-state index in [1.54, 1.807) is 0 Å². The third kappa shape index (κ3) is 4.86. The van der Waals surface area contributed by atoms with Gasteiger partial charge in [0.15, 0.2) is 0 Å². The van der Waals surface area contributed by atoms with E-state index in [1.165, 1.54) is 17.3 Å². The molecule has 130 valence electrons. The van der Waals surface area contributed by atoms with E-state index >= 15 is 0 Å². The van der Waals surface area contributed by atoms with Crippen molar-refractivity contribution in [3.05, 3.63) is 65.7 Å². The molecule has 2 aromatic rings. The highest BCUT2D eigenvalue weighted by Gasteiger charge is 2.49. The first-order valence-corrected chi connectivity index (χ1v) is 9.47. The molecule has 0 radical (unpaired) electrons. The highest BCUT2D eigenvalue weighted by molar-refractivity contribution is 7.99. The first-order chi connectivity index (χ1) is 12.1. The van der Waals surface area contributed by atoms with E-state index in [0.717, 1.165) is 30.5 Å². The molecule has 25 heavy (non-hydrogen) atoms. The Balaban J connectivity index is 1.60. The molecule has 2 N–H and O–H groups in total. The van der Waals surface area contributed by atoms with Gasteiger partial charge in [-0.3, -0.25) is 9.59 Å². The summed E-state index contributed by atoms with van der Waals surface area (Å²) in [7, 11) is 0. The van der Waals surface area contributed by atoms with Gasteiger partial charge in [-0.1, -0.05) is 42.5 Å². The maximum Gasteiger partial charge on any atom is 0.313 e. The van der Waals surface area contributed by atoms with Gasteiger partial charge in [-0.2, -0.15) is 0 Å². The Hall–Kier alpha value is -2.27. The predicted octanol–water partition coefficient (Wildman–Crippen LogP) is 3.97. The molecule has 0 bridgehead atoms. The highest BCUT2D eigenvalue weighted by Crippen LogP contribution is 2.49. The minimum Gasteiger partial charge on any atom is -0.481 e. The van der Waals surface area contributed by atoms with Crippen LogP contribution in [-0.2, 0) is 21.8 Å². The van der Waals surface area contributed by atoms with Crippen molar-refractivity contribution >= 4 is 29.3 Å². The Bertz CT molecular complexity index is 757. The van der Waals surface area contributed by atoms with Gasteiger partial charge in [0.2, 0.25) is 5.91 Å². The summed E-state index contributed by atoms with van der Waals surface area (Å²) in [4.78, 5) is 23.3. The van der Waals surface area contributed by atoms with Crippen molar-refractivity contribution in [2.45, 2.75) is 25.0 Å². The van der Waals surface area contributed by atoms with Crippen LogP contribution in [0.1, 0.15) is 24.0 Å². The van der Waals surface area contributed by atoms with Crippen LogP contribution in [0.15, 0.2) is 54.6 Å². The average Bonchev–Trinajstić information content (AvgIpc) is 3.37. The third-order valence-corrected chi connectivity index (χ3v) is 5.39. The van der Waals surface area contributed by atoms with Gasteiger partial charge in [-0.15, -0.1) is 11.8 Å². The molecule has 0 spiro atoms. The van der Waals surface area contributed by atoms with Crippen LogP contribution in [0.3, 0.4) is 0 Å². The number of thioether (sulfide) groups is 1. The molecule has 1 amide bonds. The first-order valence-electron chi connectivity index (χ1n) is 8.31. The van der Waals surface area contributed by atoms with Gasteiger partial charge in [0.05, 0.1) is 11.2 Å². The van der Waals surface area contributed by atoms with Crippen LogP contribution in [0.4, 0.5) is 5.69 Å². The quantitative estimate of drug-likeness (QED) is 0.752. The summed E-state index contributed by atoms with van der Waals surface area (Å²) in [6.45, 7) is 0. The van der Waals surface area contributed by atoms with Crippen LogP contribution >= 0.6 is 11.8 Å². The number of carbonyl (C=O) groups is 2. The van der Waals surface area contributed by atoms with Gasteiger partial charge in [0.25, 0.3) is 0 Å². The average molecular weight is 355 g/mol. The van der Waals surface area contributed by atoms with Crippen molar-refractivity contribution in [2.75, 3.05) is 11.1 Å². The standard InChI is InChI=1S/C20H21NO3S/c22-18(23)14-25-13-16-7-4-8-17(11-16)21-19(24)20(9-10-20)12-15-5-2-1-3-6-15/h1-8,11H,9-10,12-14H2,(H,21,24)(H,22,23). The molecule has 0 aliphatic heterocycles. The molecule has 0 aromatic heterocycles. The monoisotopic (exact) mass is 355 g/mol. The van der Waals surface area contributed by atoms with Crippen molar-refractivity contribution < 1.29 is 14.7 Å². The maximum absolute atomic E-state index is 12.7. The van der Waals surface area contributed by atoms with Crippen molar-refractivity contribution in [1.82, 2.24) is 0 Å². The topological polar surface area (TPSA) is 66.4 Å². The normalized spacial score (nSPS) is 14.7. The molecule has 2 aromatic carbocycles. The van der Waals surface area contributed by atoms with Crippen molar-refractivity contribution in [3.63, 3.8) is 0 Å². The van der Waals surface area contributed by atoms with E-state index in [4.69, 9.17) is 5.11 Å². The Kier molecular flexibility index (Phi) is 5.43. The number of amides is 1. The molecule has 4 nitrogen and oxygen atoms in total. The number of carbonyl (C=O) groups excluding carboxylic acids is 1. The molecular weight excluding hydrogens is 334 g/mol. The fourth-order valence-electron chi connectivity index (χ4n) is 2.88. The van der Waals surface area contributed by atoms with E-state index in [1.807, 2.05) is 42.5 Å². The minimum absolute atomic E-state index is 0.0756. The summed E-state index contributed by atoms with van der Waals surface area (Å²) in [5.41, 5.74) is 2.69. The minimum atomic E-state index is -0.814.